The molecule has 0 saturated heterocycles. The number of amides is 2. The molecule has 3 N–H and O–H groups in total. The average Bonchev–Trinajstić information content (AvgIpc) is 3.55. The molecule has 1 aromatic carbocycles. The molecule has 2 amide bonds. The number of carboxylic acids is 1. The lowest BCUT2D eigenvalue weighted by Gasteiger charge is -2.30. The van der Waals surface area contributed by atoms with Crippen molar-refractivity contribution in [2.24, 2.45) is 0 Å². The molecular weight excluding hydrogens is 560 g/mol. The highest BCUT2D eigenvalue weighted by molar-refractivity contribution is 7.90. The van der Waals surface area contributed by atoms with Gasteiger partial charge in [-0.2, -0.15) is 0 Å². The van der Waals surface area contributed by atoms with Crippen molar-refractivity contribution in [2.75, 3.05) is 12.8 Å². The average molecular weight is 585 g/mol. The summed E-state index contributed by atoms with van der Waals surface area (Å²) >= 11 is 6.69. The number of fused-ring (bicyclic) bond motifs is 2. The highest BCUT2D eigenvalue weighted by atomic mass is 35.5. The van der Waals surface area contributed by atoms with Crippen LogP contribution in [0.15, 0.2) is 52.1 Å². The third kappa shape index (κ3) is 5.32. The number of furan rings is 1. The summed E-state index contributed by atoms with van der Waals surface area (Å²) in [5.41, 5.74) is 3.23. The van der Waals surface area contributed by atoms with E-state index in [4.69, 9.17) is 16.0 Å². The van der Waals surface area contributed by atoms with E-state index in [2.05, 4.69) is 15.3 Å². The van der Waals surface area contributed by atoms with Crippen LogP contribution in [0, 0.1) is 6.92 Å². The first kappa shape index (κ1) is 27.4. The lowest BCUT2D eigenvalue weighted by Crippen LogP contribution is -2.43. The Morgan fingerprint density at radius 3 is 2.70 bits per heavy atom. The van der Waals surface area contributed by atoms with Crippen molar-refractivity contribution in [3.05, 3.63) is 81.3 Å². The molecule has 5 rings (SSSR count). The van der Waals surface area contributed by atoms with Crippen LogP contribution in [0.1, 0.15) is 43.3 Å². The zero-order valence-electron chi connectivity index (χ0n) is 21.5. The molecule has 40 heavy (non-hydrogen) atoms. The number of carbonyl (C=O) groups is 3. The Morgan fingerprint density at radius 2 is 2.02 bits per heavy atom. The molecule has 11 nitrogen and oxygen atoms in total. The van der Waals surface area contributed by atoms with Crippen LogP contribution in [-0.2, 0) is 34.0 Å². The predicted molar refractivity (Wildman–Crippen MR) is 145 cm³/mol. The number of aliphatic carboxylic acids is 1. The first-order valence-electron chi connectivity index (χ1n) is 12.3. The fourth-order valence-electron chi connectivity index (χ4n) is 4.82. The van der Waals surface area contributed by atoms with Crippen molar-refractivity contribution in [1.29, 1.82) is 0 Å². The molecule has 4 aromatic rings. The Hall–Kier alpha value is -4.16. The number of benzene rings is 1. The topological polar surface area (TPSA) is 163 Å². The molecule has 0 radical (unpaired) electrons. The van der Waals surface area contributed by atoms with Gasteiger partial charge in [-0.1, -0.05) is 17.7 Å². The molecule has 1 aliphatic heterocycles. The van der Waals surface area contributed by atoms with Crippen molar-refractivity contribution >= 4 is 50.3 Å². The van der Waals surface area contributed by atoms with Crippen LogP contribution in [0.2, 0.25) is 5.02 Å². The highest BCUT2D eigenvalue weighted by Crippen LogP contribution is 2.33. The van der Waals surface area contributed by atoms with Gasteiger partial charge in [0.05, 0.1) is 10.6 Å². The number of pyridine rings is 1. The number of aromatic nitrogens is 2. The summed E-state index contributed by atoms with van der Waals surface area (Å²) < 4.78 is 28.6. The van der Waals surface area contributed by atoms with E-state index in [1.54, 1.807) is 36.2 Å². The van der Waals surface area contributed by atoms with E-state index < -0.39 is 27.8 Å². The summed E-state index contributed by atoms with van der Waals surface area (Å²) in [6, 6.07) is 8.40. The number of H-pyrrole nitrogens is 1. The number of nitrogens with zero attached hydrogens (tertiary/aromatic N) is 2. The molecule has 208 valence electrons. The van der Waals surface area contributed by atoms with Gasteiger partial charge in [-0.25, -0.2) is 18.2 Å². The third-order valence-electron chi connectivity index (χ3n) is 6.80. The molecule has 0 spiro atoms. The SMILES string of the molecule is Cc1cc2c(c(Cl)c1C(=O)NC(Cc1ccc(S(C)(=O)=O)o1)C(=O)O)CCN(C(=O)c1cc3cccnc3[nH]1)C2. The first-order chi connectivity index (χ1) is 18.9. The van der Waals surface area contributed by atoms with Crippen LogP contribution >= 0.6 is 11.6 Å². The number of sulfone groups is 1. The van der Waals surface area contributed by atoms with E-state index in [-0.39, 0.29) is 33.8 Å². The van der Waals surface area contributed by atoms with Crippen LogP contribution in [-0.4, -0.2) is 65.0 Å². The molecular formula is C27H25ClN4O7S. The molecule has 0 fully saturated rings. The normalized spacial score (nSPS) is 14.1. The van der Waals surface area contributed by atoms with Crippen LogP contribution in [0.5, 0.6) is 0 Å². The Kier molecular flexibility index (Phi) is 7.15. The second-order valence-electron chi connectivity index (χ2n) is 9.68. The smallest absolute Gasteiger partial charge is 0.326 e. The van der Waals surface area contributed by atoms with Crippen LogP contribution < -0.4 is 5.32 Å². The van der Waals surface area contributed by atoms with E-state index >= 15 is 0 Å². The second kappa shape index (κ2) is 10.4. The summed E-state index contributed by atoms with van der Waals surface area (Å²) in [5.74, 6) is -2.09. The van der Waals surface area contributed by atoms with Crippen molar-refractivity contribution in [2.45, 2.75) is 37.4 Å². The summed E-state index contributed by atoms with van der Waals surface area (Å²) in [6.45, 7) is 2.35. The van der Waals surface area contributed by atoms with Crippen molar-refractivity contribution in [1.82, 2.24) is 20.2 Å². The fourth-order valence-corrected chi connectivity index (χ4v) is 5.85. The minimum absolute atomic E-state index is 0.0943. The maximum Gasteiger partial charge on any atom is 0.326 e. The fraction of sp³-hybridized carbons (Fsp3) is 0.259. The van der Waals surface area contributed by atoms with Gasteiger partial charge in [0.2, 0.25) is 14.9 Å². The number of carbonyl (C=O) groups excluding carboxylic acids is 2. The quantitative estimate of drug-likeness (QED) is 0.298. The third-order valence-corrected chi connectivity index (χ3v) is 8.17. The molecule has 0 aliphatic carbocycles. The van der Waals surface area contributed by atoms with Gasteiger partial charge in [-0.15, -0.1) is 0 Å². The number of nitrogens with one attached hydrogen (secondary N) is 2. The van der Waals surface area contributed by atoms with Gasteiger partial charge in [0, 0.05) is 37.3 Å². The second-order valence-corrected chi connectivity index (χ2v) is 12.0. The Bertz CT molecular complexity index is 1740. The van der Waals surface area contributed by atoms with Gasteiger partial charge in [0.25, 0.3) is 11.8 Å². The molecule has 1 unspecified atom stereocenters. The number of aromatic amines is 1. The molecule has 3 aromatic heterocycles. The van der Waals surface area contributed by atoms with Crippen molar-refractivity contribution in [3.63, 3.8) is 0 Å². The minimum Gasteiger partial charge on any atom is -0.480 e. The number of hydrogen-bond acceptors (Lipinski definition) is 7. The Morgan fingerprint density at radius 1 is 1.25 bits per heavy atom. The van der Waals surface area contributed by atoms with E-state index in [0.29, 0.717) is 36.4 Å². The summed E-state index contributed by atoms with van der Waals surface area (Å²) in [6.07, 6.45) is 2.76. The summed E-state index contributed by atoms with van der Waals surface area (Å²) in [7, 11) is -3.60. The maximum atomic E-state index is 13.2. The first-order valence-corrected chi connectivity index (χ1v) is 14.6. The maximum absolute atomic E-state index is 13.2. The largest absolute Gasteiger partial charge is 0.480 e. The van der Waals surface area contributed by atoms with Gasteiger partial charge >= 0.3 is 5.97 Å². The Balaban J connectivity index is 1.34. The van der Waals surface area contributed by atoms with Crippen LogP contribution in [0.25, 0.3) is 11.0 Å². The number of carboxylic acid groups (broad SMARTS) is 1. The molecule has 1 atom stereocenters. The van der Waals surface area contributed by atoms with Crippen molar-refractivity contribution < 1.29 is 32.3 Å². The van der Waals surface area contributed by atoms with E-state index in [1.807, 2.05) is 6.07 Å². The number of aryl methyl sites for hydroxylation is 1. The van der Waals surface area contributed by atoms with Crippen LogP contribution in [0.3, 0.4) is 0 Å². The monoisotopic (exact) mass is 584 g/mol. The van der Waals surface area contributed by atoms with Gasteiger partial charge in [0.1, 0.15) is 23.1 Å². The standard InChI is InChI=1S/C27H25ClN4O7S/c1-14-10-16-13-32(26(34)19-11-15-4-3-8-29-24(15)30-19)9-7-18(16)23(28)22(14)25(33)31-20(27(35)36)12-17-5-6-21(39-17)40(2,37)38/h3-6,8,10-11,20H,7,9,12-13H2,1-2H3,(H,29,30)(H,31,33)(H,35,36). The molecule has 0 saturated carbocycles. The molecule has 1 aliphatic rings. The van der Waals surface area contributed by atoms with E-state index in [1.165, 1.54) is 12.1 Å². The van der Waals surface area contributed by atoms with Crippen molar-refractivity contribution in [3.8, 4) is 0 Å². The number of rotatable bonds is 7. The van der Waals surface area contributed by atoms with E-state index in [0.717, 1.165) is 22.8 Å². The summed E-state index contributed by atoms with van der Waals surface area (Å²) in [4.78, 5) is 47.3. The number of halogens is 1. The van der Waals surface area contributed by atoms with Crippen LogP contribution in [0.4, 0.5) is 0 Å². The lowest BCUT2D eigenvalue weighted by molar-refractivity contribution is -0.139. The van der Waals surface area contributed by atoms with Gasteiger partial charge in [-0.05, 0) is 60.4 Å². The summed E-state index contributed by atoms with van der Waals surface area (Å²) in [5, 5.41) is 12.9. The number of hydrogen-bond donors (Lipinski definition) is 3. The highest BCUT2D eigenvalue weighted by Gasteiger charge is 2.30. The van der Waals surface area contributed by atoms with E-state index in [9.17, 15) is 27.9 Å². The Labute approximate surface area is 234 Å². The zero-order valence-corrected chi connectivity index (χ0v) is 23.1. The lowest BCUT2D eigenvalue weighted by atomic mass is 9.93. The molecule has 0 bridgehead atoms. The minimum atomic E-state index is -3.60. The van der Waals surface area contributed by atoms with Gasteiger partial charge < -0.3 is 24.7 Å². The zero-order chi connectivity index (χ0) is 28.8. The molecule has 13 heteroatoms. The van der Waals surface area contributed by atoms with Gasteiger partial charge in [-0.3, -0.25) is 9.59 Å². The van der Waals surface area contributed by atoms with Gasteiger partial charge in [0.15, 0.2) is 0 Å². The predicted octanol–water partition coefficient (Wildman–Crippen LogP) is 3.15. The molecule has 4 heterocycles.